The Balaban J connectivity index is 2.19. The molecule has 0 radical (unpaired) electrons. The standard InChI is InChI=1S/C15H21FN2O2/c1-10-4-3-7-15(8-10,9-19)18-14(20)11-5-2-6-12(16)13(11)17/h2,5-6,10,19H,3-4,7-9,17H2,1H3,(H,18,20). The number of hydrogen-bond acceptors (Lipinski definition) is 3. The number of hydrogen-bond donors (Lipinski definition) is 3. The van der Waals surface area contributed by atoms with Crippen molar-refractivity contribution >= 4 is 11.6 Å². The number of halogens is 1. The minimum Gasteiger partial charge on any atom is -0.396 e. The smallest absolute Gasteiger partial charge is 0.253 e. The highest BCUT2D eigenvalue weighted by molar-refractivity contribution is 5.99. The highest BCUT2D eigenvalue weighted by atomic mass is 19.1. The van der Waals surface area contributed by atoms with Gasteiger partial charge < -0.3 is 16.2 Å². The van der Waals surface area contributed by atoms with Gasteiger partial charge in [0.25, 0.3) is 5.91 Å². The highest BCUT2D eigenvalue weighted by Crippen LogP contribution is 2.32. The van der Waals surface area contributed by atoms with Gasteiger partial charge >= 0.3 is 0 Å². The van der Waals surface area contributed by atoms with E-state index < -0.39 is 17.3 Å². The molecular weight excluding hydrogens is 259 g/mol. The van der Waals surface area contributed by atoms with Crippen molar-refractivity contribution in [2.24, 2.45) is 5.92 Å². The highest BCUT2D eigenvalue weighted by Gasteiger charge is 2.36. The molecule has 5 heteroatoms. The summed E-state index contributed by atoms with van der Waals surface area (Å²) < 4.78 is 13.4. The van der Waals surface area contributed by atoms with Crippen LogP contribution in [0, 0.1) is 11.7 Å². The molecule has 1 saturated carbocycles. The van der Waals surface area contributed by atoms with Crippen molar-refractivity contribution in [3.8, 4) is 0 Å². The number of rotatable bonds is 3. The molecule has 0 saturated heterocycles. The lowest BCUT2D eigenvalue weighted by Crippen LogP contribution is -2.54. The van der Waals surface area contributed by atoms with E-state index in [4.69, 9.17) is 5.73 Å². The molecule has 1 amide bonds. The molecule has 2 atom stereocenters. The molecule has 0 aliphatic heterocycles. The Kier molecular flexibility index (Phi) is 4.28. The van der Waals surface area contributed by atoms with Gasteiger partial charge in [-0.15, -0.1) is 0 Å². The van der Waals surface area contributed by atoms with Gasteiger partial charge in [-0.25, -0.2) is 4.39 Å². The summed E-state index contributed by atoms with van der Waals surface area (Å²) in [5.74, 6) is -0.584. The number of nitrogen functional groups attached to an aromatic ring is 1. The second-order valence-electron chi connectivity index (χ2n) is 5.80. The molecule has 1 aliphatic rings. The van der Waals surface area contributed by atoms with Crippen molar-refractivity contribution in [1.29, 1.82) is 0 Å². The fourth-order valence-electron chi connectivity index (χ4n) is 3.00. The minimum atomic E-state index is -0.618. The van der Waals surface area contributed by atoms with Crippen LogP contribution in [0.2, 0.25) is 0 Å². The fraction of sp³-hybridized carbons (Fsp3) is 0.533. The van der Waals surface area contributed by atoms with E-state index in [0.717, 1.165) is 25.7 Å². The van der Waals surface area contributed by atoms with Crippen LogP contribution in [-0.2, 0) is 0 Å². The summed E-state index contributed by atoms with van der Waals surface area (Å²) in [6.07, 6.45) is 3.51. The number of aliphatic hydroxyl groups excluding tert-OH is 1. The zero-order valence-electron chi connectivity index (χ0n) is 11.7. The average molecular weight is 280 g/mol. The Bertz CT molecular complexity index is 507. The van der Waals surface area contributed by atoms with Crippen LogP contribution in [0.4, 0.5) is 10.1 Å². The monoisotopic (exact) mass is 280 g/mol. The summed E-state index contributed by atoms with van der Waals surface area (Å²) in [6, 6.07) is 4.16. The maximum Gasteiger partial charge on any atom is 0.253 e. The van der Waals surface area contributed by atoms with Gasteiger partial charge in [0.05, 0.1) is 23.4 Å². The minimum absolute atomic E-state index is 0.113. The van der Waals surface area contributed by atoms with Gasteiger partial charge in [-0.1, -0.05) is 25.8 Å². The summed E-state index contributed by atoms with van der Waals surface area (Å²) in [4.78, 5) is 12.3. The third kappa shape index (κ3) is 2.93. The Hall–Kier alpha value is -1.62. The lowest BCUT2D eigenvalue weighted by Gasteiger charge is -2.39. The number of nitrogens with one attached hydrogen (secondary N) is 1. The molecule has 0 bridgehead atoms. The van der Waals surface area contributed by atoms with Crippen LogP contribution in [0.1, 0.15) is 43.0 Å². The lowest BCUT2D eigenvalue weighted by molar-refractivity contribution is 0.0697. The van der Waals surface area contributed by atoms with E-state index in [1.807, 2.05) is 0 Å². The lowest BCUT2D eigenvalue weighted by atomic mass is 9.76. The number of carbonyl (C=O) groups excluding carboxylic acids is 1. The summed E-state index contributed by atoms with van der Waals surface area (Å²) in [7, 11) is 0. The SMILES string of the molecule is CC1CCCC(CO)(NC(=O)c2cccc(F)c2N)C1. The normalized spacial score (nSPS) is 26.2. The number of amides is 1. The molecule has 1 aromatic carbocycles. The Morgan fingerprint density at radius 1 is 1.60 bits per heavy atom. The van der Waals surface area contributed by atoms with E-state index in [0.29, 0.717) is 5.92 Å². The summed E-state index contributed by atoms with van der Waals surface area (Å²) in [6.45, 7) is 1.99. The molecule has 0 spiro atoms. The first-order valence-corrected chi connectivity index (χ1v) is 6.95. The largest absolute Gasteiger partial charge is 0.396 e. The maximum absolute atomic E-state index is 13.4. The van der Waals surface area contributed by atoms with E-state index in [1.54, 1.807) is 0 Å². The number of aliphatic hydroxyl groups is 1. The van der Waals surface area contributed by atoms with Gasteiger partial charge in [-0.05, 0) is 30.9 Å². The van der Waals surface area contributed by atoms with Gasteiger partial charge in [0, 0.05) is 0 Å². The van der Waals surface area contributed by atoms with Crippen LogP contribution in [0.25, 0.3) is 0 Å². The number of benzene rings is 1. The van der Waals surface area contributed by atoms with Crippen LogP contribution in [0.15, 0.2) is 18.2 Å². The Morgan fingerprint density at radius 2 is 2.35 bits per heavy atom. The van der Waals surface area contributed by atoms with Crippen molar-refractivity contribution in [2.45, 2.75) is 38.1 Å². The molecule has 1 aliphatic carbocycles. The molecule has 0 heterocycles. The fourth-order valence-corrected chi connectivity index (χ4v) is 3.00. The van der Waals surface area contributed by atoms with E-state index in [2.05, 4.69) is 12.2 Å². The molecule has 2 unspecified atom stereocenters. The molecule has 110 valence electrons. The van der Waals surface area contributed by atoms with Gasteiger partial charge in [0.1, 0.15) is 5.82 Å². The van der Waals surface area contributed by atoms with Crippen molar-refractivity contribution in [3.63, 3.8) is 0 Å². The van der Waals surface area contributed by atoms with Crippen molar-refractivity contribution < 1.29 is 14.3 Å². The van der Waals surface area contributed by atoms with Gasteiger partial charge in [-0.2, -0.15) is 0 Å². The van der Waals surface area contributed by atoms with E-state index in [-0.39, 0.29) is 17.9 Å². The summed E-state index contributed by atoms with van der Waals surface area (Å²) in [5.41, 5.74) is 4.95. The third-order valence-electron chi connectivity index (χ3n) is 4.07. The quantitative estimate of drug-likeness (QED) is 0.742. The van der Waals surface area contributed by atoms with Crippen LogP contribution >= 0.6 is 0 Å². The Labute approximate surface area is 118 Å². The van der Waals surface area contributed by atoms with Crippen molar-refractivity contribution in [2.75, 3.05) is 12.3 Å². The molecule has 4 N–H and O–H groups in total. The van der Waals surface area contributed by atoms with E-state index in [1.165, 1.54) is 18.2 Å². The zero-order valence-corrected chi connectivity index (χ0v) is 11.7. The third-order valence-corrected chi connectivity index (χ3v) is 4.07. The predicted molar refractivity (Wildman–Crippen MR) is 75.7 cm³/mol. The summed E-state index contributed by atoms with van der Waals surface area (Å²) in [5, 5.41) is 12.5. The first kappa shape index (κ1) is 14.8. The van der Waals surface area contributed by atoms with Crippen molar-refractivity contribution in [3.05, 3.63) is 29.6 Å². The van der Waals surface area contributed by atoms with Gasteiger partial charge in [-0.3, -0.25) is 4.79 Å². The van der Waals surface area contributed by atoms with Crippen LogP contribution in [0.3, 0.4) is 0 Å². The molecule has 20 heavy (non-hydrogen) atoms. The van der Waals surface area contributed by atoms with E-state index >= 15 is 0 Å². The maximum atomic E-state index is 13.4. The number of nitrogens with two attached hydrogens (primary N) is 1. The summed E-state index contributed by atoms with van der Waals surface area (Å²) >= 11 is 0. The first-order chi connectivity index (χ1) is 9.47. The molecular formula is C15H21FN2O2. The van der Waals surface area contributed by atoms with Crippen LogP contribution in [-0.4, -0.2) is 23.2 Å². The second-order valence-corrected chi connectivity index (χ2v) is 5.80. The molecule has 4 nitrogen and oxygen atoms in total. The van der Waals surface area contributed by atoms with Gasteiger partial charge in [0.2, 0.25) is 0 Å². The van der Waals surface area contributed by atoms with Crippen molar-refractivity contribution in [1.82, 2.24) is 5.32 Å². The number of carbonyl (C=O) groups is 1. The van der Waals surface area contributed by atoms with Crippen LogP contribution in [0.5, 0.6) is 0 Å². The molecule has 1 fully saturated rings. The predicted octanol–water partition coefficient (Wildman–Crippen LogP) is 2.08. The second kappa shape index (κ2) is 5.79. The Morgan fingerprint density at radius 3 is 3.00 bits per heavy atom. The van der Waals surface area contributed by atoms with Crippen LogP contribution < -0.4 is 11.1 Å². The van der Waals surface area contributed by atoms with Gasteiger partial charge in [0.15, 0.2) is 0 Å². The topological polar surface area (TPSA) is 75.3 Å². The molecule has 2 rings (SSSR count). The number of anilines is 1. The number of para-hydroxylation sites is 1. The zero-order chi connectivity index (χ0) is 14.8. The molecule has 0 aromatic heterocycles. The average Bonchev–Trinajstić information content (AvgIpc) is 2.41. The first-order valence-electron chi connectivity index (χ1n) is 6.95. The van der Waals surface area contributed by atoms with E-state index in [9.17, 15) is 14.3 Å². The molecule has 1 aromatic rings.